The van der Waals surface area contributed by atoms with E-state index in [0.717, 1.165) is 5.56 Å². The summed E-state index contributed by atoms with van der Waals surface area (Å²) in [7, 11) is 0. The summed E-state index contributed by atoms with van der Waals surface area (Å²) in [6.45, 7) is 5.73. The Bertz CT molecular complexity index is 739. The Morgan fingerprint density at radius 2 is 1.83 bits per heavy atom. The van der Waals surface area contributed by atoms with Crippen molar-refractivity contribution in [2.45, 2.75) is 26.7 Å². The highest BCUT2D eigenvalue weighted by Crippen LogP contribution is 2.25. The second-order valence-electron chi connectivity index (χ2n) is 5.73. The van der Waals surface area contributed by atoms with Gasteiger partial charge in [-0.15, -0.1) is 0 Å². The summed E-state index contributed by atoms with van der Waals surface area (Å²) < 4.78 is 5.59. The van der Waals surface area contributed by atoms with Gasteiger partial charge in [0.15, 0.2) is 6.61 Å². The summed E-state index contributed by atoms with van der Waals surface area (Å²) in [6.07, 6.45) is 0. The second-order valence-corrected chi connectivity index (χ2v) is 5.73. The molecule has 0 aliphatic heterocycles. The number of hydrazone groups is 1. The van der Waals surface area contributed by atoms with Crippen LogP contribution in [0, 0.1) is 0 Å². The van der Waals surface area contributed by atoms with Crippen molar-refractivity contribution in [2.24, 2.45) is 5.10 Å². The molecule has 0 aromatic heterocycles. The molecule has 0 aliphatic carbocycles. The van der Waals surface area contributed by atoms with Crippen molar-refractivity contribution in [3.63, 3.8) is 0 Å². The van der Waals surface area contributed by atoms with Gasteiger partial charge >= 0.3 is 0 Å². The van der Waals surface area contributed by atoms with Crippen molar-refractivity contribution in [3.05, 3.63) is 59.7 Å². The number of carbonyl (C=O) groups excluding carboxylic acids is 1. The molecule has 5 heteroatoms. The maximum Gasteiger partial charge on any atom is 0.277 e. The van der Waals surface area contributed by atoms with Gasteiger partial charge in [0.2, 0.25) is 0 Å². The first-order chi connectivity index (χ1) is 11.5. The molecular weight excluding hydrogens is 304 g/mol. The Morgan fingerprint density at radius 1 is 1.17 bits per heavy atom. The van der Waals surface area contributed by atoms with Gasteiger partial charge in [0.1, 0.15) is 11.5 Å². The van der Waals surface area contributed by atoms with Gasteiger partial charge in [-0.05, 0) is 36.6 Å². The Hall–Kier alpha value is -2.82. The standard InChI is InChI=1S/C19H22N2O3/c1-13(2)15-8-5-7-11-18(15)24-12-19(23)21-20-14(3)16-9-4-6-10-17(16)22/h4-11,13,22H,12H2,1-3H3,(H,21,23)/b20-14+. The number of hydrogen-bond acceptors (Lipinski definition) is 4. The van der Waals surface area contributed by atoms with Gasteiger partial charge < -0.3 is 9.84 Å². The maximum atomic E-state index is 11.9. The number of amides is 1. The van der Waals surface area contributed by atoms with Crippen LogP contribution in [0.3, 0.4) is 0 Å². The Morgan fingerprint density at radius 3 is 2.54 bits per heavy atom. The largest absolute Gasteiger partial charge is 0.507 e. The summed E-state index contributed by atoms with van der Waals surface area (Å²) in [6, 6.07) is 14.5. The van der Waals surface area contributed by atoms with E-state index in [9.17, 15) is 9.90 Å². The van der Waals surface area contributed by atoms with Crippen molar-refractivity contribution < 1.29 is 14.6 Å². The average Bonchev–Trinajstić information content (AvgIpc) is 2.58. The van der Waals surface area contributed by atoms with E-state index in [0.29, 0.717) is 22.9 Å². The van der Waals surface area contributed by atoms with Crippen LogP contribution in [-0.4, -0.2) is 23.3 Å². The number of nitrogens with one attached hydrogen (secondary N) is 1. The van der Waals surface area contributed by atoms with Crippen LogP contribution >= 0.6 is 0 Å². The molecule has 0 fully saturated rings. The van der Waals surface area contributed by atoms with Crippen molar-refractivity contribution in [1.82, 2.24) is 5.43 Å². The predicted octanol–water partition coefficient (Wildman–Crippen LogP) is 3.43. The first kappa shape index (κ1) is 17.5. The van der Waals surface area contributed by atoms with Crippen LogP contribution in [0.25, 0.3) is 0 Å². The lowest BCUT2D eigenvalue weighted by atomic mass is 10.0. The summed E-state index contributed by atoms with van der Waals surface area (Å²) in [5, 5.41) is 13.8. The minimum atomic E-state index is -0.358. The molecular formula is C19H22N2O3. The number of nitrogens with zero attached hydrogens (tertiary/aromatic N) is 1. The monoisotopic (exact) mass is 326 g/mol. The second kappa shape index (κ2) is 8.15. The number of hydrogen-bond donors (Lipinski definition) is 2. The van der Waals surface area contributed by atoms with E-state index in [-0.39, 0.29) is 18.3 Å². The van der Waals surface area contributed by atoms with Gasteiger partial charge in [-0.25, -0.2) is 5.43 Å². The lowest BCUT2D eigenvalue weighted by Crippen LogP contribution is -2.25. The predicted molar refractivity (Wildman–Crippen MR) is 94.5 cm³/mol. The summed E-state index contributed by atoms with van der Waals surface area (Å²) in [5.74, 6) is 0.771. The van der Waals surface area contributed by atoms with E-state index in [4.69, 9.17) is 4.74 Å². The first-order valence-electron chi connectivity index (χ1n) is 7.82. The highest BCUT2D eigenvalue weighted by Gasteiger charge is 2.09. The van der Waals surface area contributed by atoms with E-state index in [1.807, 2.05) is 24.3 Å². The van der Waals surface area contributed by atoms with Crippen LogP contribution in [0.2, 0.25) is 0 Å². The topological polar surface area (TPSA) is 70.9 Å². The molecule has 0 saturated carbocycles. The van der Waals surface area contributed by atoms with Crippen molar-refractivity contribution in [2.75, 3.05) is 6.61 Å². The molecule has 126 valence electrons. The Labute approximate surface area is 142 Å². The molecule has 2 aromatic carbocycles. The van der Waals surface area contributed by atoms with Crippen molar-refractivity contribution in [3.8, 4) is 11.5 Å². The molecule has 5 nitrogen and oxygen atoms in total. The minimum absolute atomic E-state index is 0.120. The van der Waals surface area contributed by atoms with Crippen molar-refractivity contribution >= 4 is 11.6 Å². The third-order valence-electron chi connectivity index (χ3n) is 3.54. The molecule has 0 saturated heterocycles. The highest BCUT2D eigenvalue weighted by atomic mass is 16.5. The number of phenols is 1. The lowest BCUT2D eigenvalue weighted by molar-refractivity contribution is -0.123. The molecule has 0 heterocycles. The smallest absolute Gasteiger partial charge is 0.277 e. The van der Waals surface area contributed by atoms with Crippen LogP contribution in [0.15, 0.2) is 53.6 Å². The fourth-order valence-corrected chi connectivity index (χ4v) is 2.25. The first-order valence-corrected chi connectivity index (χ1v) is 7.82. The third-order valence-corrected chi connectivity index (χ3v) is 3.54. The molecule has 0 atom stereocenters. The van der Waals surface area contributed by atoms with E-state index in [1.54, 1.807) is 31.2 Å². The summed E-state index contributed by atoms with van der Waals surface area (Å²) in [5.41, 5.74) is 4.59. The van der Waals surface area contributed by atoms with Gasteiger partial charge in [0.05, 0.1) is 5.71 Å². The SMILES string of the molecule is C/C(=N\NC(=O)COc1ccccc1C(C)C)c1ccccc1O. The molecule has 0 aliphatic rings. The van der Waals surface area contributed by atoms with Crippen LogP contribution in [0.1, 0.15) is 37.8 Å². The number of rotatable bonds is 6. The Balaban J connectivity index is 1.95. The lowest BCUT2D eigenvalue weighted by Gasteiger charge is -2.13. The Kier molecular flexibility index (Phi) is 5.95. The molecule has 1 amide bonds. The molecule has 2 N–H and O–H groups in total. The normalized spacial score (nSPS) is 11.4. The van der Waals surface area contributed by atoms with Gasteiger partial charge in [0.25, 0.3) is 5.91 Å². The molecule has 0 unspecified atom stereocenters. The zero-order valence-corrected chi connectivity index (χ0v) is 14.1. The maximum absolute atomic E-state index is 11.9. The molecule has 0 radical (unpaired) electrons. The summed E-state index contributed by atoms with van der Waals surface area (Å²) >= 11 is 0. The molecule has 0 spiro atoms. The van der Waals surface area contributed by atoms with E-state index >= 15 is 0 Å². The number of phenolic OH excluding ortho intramolecular Hbond substituents is 1. The number of carbonyl (C=O) groups is 1. The zero-order chi connectivity index (χ0) is 17.5. The fraction of sp³-hybridized carbons (Fsp3) is 0.263. The van der Waals surface area contributed by atoms with E-state index < -0.39 is 0 Å². The molecule has 2 aromatic rings. The third kappa shape index (κ3) is 4.59. The fourth-order valence-electron chi connectivity index (χ4n) is 2.25. The van der Waals surface area contributed by atoms with Gasteiger partial charge in [-0.2, -0.15) is 5.10 Å². The van der Waals surface area contributed by atoms with Crippen LogP contribution in [-0.2, 0) is 4.79 Å². The van der Waals surface area contributed by atoms with E-state index in [1.165, 1.54) is 0 Å². The van der Waals surface area contributed by atoms with Crippen LogP contribution in [0.4, 0.5) is 0 Å². The number of para-hydroxylation sites is 2. The minimum Gasteiger partial charge on any atom is -0.507 e. The van der Waals surface area contributed by atoms with E-state index in [2.05, 4.69) is 24.4 Å². The number of benzene rings is 2. The number of aromatic hydroxyl groups is 1. The molecule has 24 heavy (non-hydrogen) atoms. The molecule has 2 rings (SSSR count). The van der Waals surface area contributed by atoms with Gasteiger partial charge in [-0.1, -0.05) is 44.2 Å². The molecule has 0 bridgehead atoms. The zero-order valence-electron chi connectivity index (χ0n) is 14.1. The highest BCUT2D eigenvalue weighted by molar-refractivity contribution is 6.01. The van der Waals surface area contributed by atoms with Gasteiger partial charge in [0, 0.05) is 5.56 Å². The van der Waals surface area contributed by atoms with Crippen molar-refractivity contribution in [1.29, 1.82) is 0 Å². The van der Waals surface area contributed by atoms with Crippen LogP contribution < -0.4 is 10.2 Å². The quantitative estimate of drug-likeness (QED) is 0.631. The average molecular weight is 326 g/mol. The van der Waals surface area contributed by atoms with Crippen LogP contribution in [0.5, 0.6) is 11.5 Å². The van der Waals surface area contributed by atoms with Gasteiger partial charge in [-0.3, -0.25) is 4.79 Å². The summed E-state index contributed by atoms with van der Waals surface area (Å²) in [4.78, 5) is 11.9. The number of ether oxygens (including phenoxy) is 1.